The Bertz CT molecular complexity index is 452. The number of hydrogen-bond donors (Lipinski definition) is 1. The molecule has 0 spiro atoms. The SMILES string of the molecule is COC1CN(C(CN)c2ccc(Cl)cc2C)CCC1C. The molecule has 1 aromatic rings. The molecular formula is C16H25ClN2O. The number of aryl methyl sites for hydroxylation is 1. The van der Waals surface area contributed by atoms with Crippen molar-refractivity contribution < 1.29 is 4.74 Å². The Morgan fingerprint density at radius 3 is 2.85 bits per heavy atom. The number of methoxy groups -OCH3 is 1. The van der Waals surface area contributed by atoms with Crippen molar-refractivity contribution in [2.24, 2.45) is 11.7 Å². The van der Waals surface area contributed by atoms with E-state index in [1.165, 1.54) is 11.1 Å². The first-order valence-corrected chi connectivity index (χ1v) is 7.67. The van der Waals surface area contributed by atoms with Gasteiger partial charge in [-0.2, -0.15) is 0 Å². The van der Waals surface area contributed by atoms with Crippen LogP contribution in [0.25, 0.3) is 0 Å². The number of ether oxygens (including phenoxy) is 1. The number of nitrogens with two attached hydrogens (primary N) is 1. The van der Waals surface area contributed by atoms with E-state index in [0.29, 0.717) is 18.6 Å². The highest BCUT2D eigenvalue weighted by molar-refractivity contribution is 6.30. The maximum Gasteiger partial charge on any atom is 0.0724 e. The molecule has 3 unspecified atom stereocenters. The van der Waals surface area contributed by atoms with Crippen LogP contribution in [-0.4, -0.2) is 37.7 Å². The van der Waals surface area contributed by atoms with Gasteiger partial charge in [0, 0.05) is 31.3 Å². The molecule has 1 aliphatic heterocycles. The molecule has 0 bridgehead atoms. The van der Waals surface area contributed by atoms with Crippen LogP contribution in [0, 0.1) is 12.8 Å². The van der Waals surface area contributed by atoms with Crippen LogP contribution in [0.2, 0.25) is 5.02 Å². The van der Waals surface area contributed by atoms with Gasteiger partial charge in [0.15, 0.2) is 0 Å². The molecule has 1 heterocycles. The summed E-state index contributed by atoms with van der Waals surface area (Å²) in [6.07, 6.45) is 1.45. The second kappa shape index (κ2) is 6.90. The highest BCUT2D eigenvalue weighted by Crippen LogP contribution is 2.30. The minimum Gasteiger partial charge on any atom is -0.380 e. The van der Waals surface area contributed by atoms with Crippen molar-refractivity contribution in [3.63, 3.8) is 0 Å². The minimum atomic E-state index is 0.248. The molecular weight excluding hydrogens is 272 g/mol. The van der Waals surface area contributed by atoms with Crippen LogP contribution in [0.3, 0.4) is 0 Å². The average Bonchev–Trinajstić information content (AvgIpc) is 2.43. The molecule has 2 rings (SSSR count). The lowest BCUT2D eigenvalue weighted by Gasteiger charge is -2.41. The van der Waals surface area contributed by atoms with Crippen LogP contribution in [0.1, 0.15) is 30.5 Å². The minimum absolute atomic E-state index is 0.248. The van der Waals surface area contributed by atoms with Gasteiger partial charge in [-0.15, -0.1) is 0 Å². The first-order chi connectivity index (χ1) is 9.56. The third kappa shape index (κ3) is 3.34. The van der Waals surface area contributed by atoms with Gasteiger partial charge in [0.25, 0.3) is 0 Å². The second-order valence-electron chi connectivity index (χ2n) is 5.79. The zero-order valence-corrected chi connectivity index (χ0v) is 13.4. The number of rotatable bonds is 4. The van der Waals surface area contributed by atoms with Crippen molar-refractivity contribution in [3.8, 4) is 0 Å². The second-order valence-corrected chi connectivity index (χ2v) is 6.22. The quantitative estimate of drug-likeness (QED) is 0.928. The molecule has 112 valence electrons. The summed E-state index contributed by atoms with van der Waals surface area (Å²) < 4.78 is 5.61. The van der Waals surface area contributed by atoms with Gasteiger partial charge in [-0.25, -0.2) is 0 Å². The van der Waals surface area contributed by atoms with Gasteiger partial charge in [0.1, 0.15) is 0 Å². The lowest BCUT2D eigenvalue weighted by Crippen LogP contribution is -2.47. The molecule has 0 aromatic heterocycles. The molecule has 1 aromatic carbocycles. The zero-order chi connectivity index (χ0) is 14.7. The van der Waals surface area contributed by atoms with Crippen LogP contribution in [0.4, 0.5) is 0 Å². The lowest BCUT2D eigenvalue weighted by molar-refractivity contribution is -0.0184. The van der Waals surface area contributed by atoms with Gasteiger partial charge in [-0.05, 0) is 49.1 Å². The van der Waals surface area contributed by atoms with Gasteiger partial charge in [-0.1, -0.05) is 24.6 Å². The molecule has 0 radical (unpaired) electrons. The fourth-order valence-electron chi connectivity index (χ4n) is 3.13. The summed E-state index contributed by atoms with van der Waals surface area (Å²) in [7, 11) is 1.80. The van der Waals surface area contributed by atoms with Gasteiger partial charge in [-0.3, -0.25) is 4.90 Å². The van der Waals surface area contributed by atoms with Crippen LogP contribution in [0.5, 0.6) is 0 Å². The average molecular weight is 297 g/mol. The predicted octanol–water partition coefficient (Wildman–Crippen LogP) is 3.01. The fraction of sp³-hybridized carbons (Fsp3) is 0.625. The molecule has 4 heteroatoms. The molecule has 3 nitrogen and oxygen atoms in total. The third-order valence-corrected chi connectivity index (χ3v) is 4.71. The molecule has 20 heavy (non-hydrogen) atoms. The Labute approximate surface area is 127 Å². The van der Waals surface area contributed by atoms with E-state index in [0.717, 1.165) is 24.5 Å². The van der Waals surface area contributed by atoms with Crippen LogP contribution in [0.15, 0.2) is 18.2 Å². The van der Waals surface area contributed by atoms with Gasteiger partial charge in [0.05, 0.1) is 6.10 Å². The molecule has 2 N–H and O–H groups in total. The summed E-state index contributed by atoms with van der Waals surface area (Å²) in [5.74, 6) is 0.612. The molecule has 0 amide bonds. The molecule has 3 atom stereocenters. The standard InChI is InChI=1S/C16H25ClN2O/c1-11-6-7-19(10-16(11)20-3)15(9-18)14-5-4-13(17)8-12(14)2/h4-5,8,11,15-16H,6-7,9-10,18H2,1-3H3. The predicted molar refractivity (Wildman–Crippen MR) is 84.1 cm³/mol. The fourth-order valence-corrected chi connectivity index (χ4v) is 3.36. The van der Waals surface area contributed by atoms with Crippen molar-refractivity contribution in [3.05, 3.63) is 34.3 Å². The Hall–Kier alpha value is -0.610. The first-order valence-electron chi connectivity index (χ1n) is 7.29. The van der Waals surface area contributed by atoms with E-state index < -0.39 is 0 Å². The molecule has 1 aliphatic rings. The molecule has 1 fully saturated rings. The van der Waals surface area contributed by atoms with Gasteiger partial charge >= 0.3 is 0 Å². The Balaban J connectivity index is 2.19. The van der Waals surface area contributed by atoms with Gasteiger partial charge < -0.3 is 10.5 Å². The number of halogens is 1. The third-order valence-electron chi connectivity index (χ3n) is 4.48. The normalized spacial score (nSPS) is 25.6. The number of nitrogens with zero attached hydrogens (tertiary/aromatic N) is 1. The topological polar surface area (TPSA) is 38.5 Å². The Kier molecular flexibility index (Phi) is 5.44. The van der Waals surface area contributed by atoms with Crippen molar-refractivity contribution in [1.29, 1.82) is 0 Å². The van der Waals surface area contributed by atoms with Crippen molar-refractivity contribution in [2.45, 2.75) is 32.4 Å². The highest BCUT2D eigenvalue weighted by Gasteiger charge is 2.30. The summed E-state index contributed by atoms with van der Waals surface area (Å²) in [5, 5.41) is 0.782. The number of piperidine rings is 1. The first kappa shape index (κ1) is 15.8. The summed E-state index contributed by atoms with van der Waals surface area (Å²) in [6.45, 7) is 7.00. The van der Waals surface area contributed by atoms with E-state index in [9.17, 15) is 0 Å². The van der Waals surface area contributed by atoms with E-state index in [2.05, 4.69) is 24.8 Å². The molecule has 0 saturated carbocycles. The molecule has 0 aliphatic carbocycles. The van der Waals surface area contributed by atoms with E-state index in [1.807, 2.05) is 12.1 Å². The van der Waals surface area contributed by atoms with Crippen molar-refractivity contribution in [2.75, 3.05) is 26.7 Å². The van der Waals surface area contributed by atoms with E-state index >= 15 is 0 Å². The number of benzene rings is 1. The maximum atomic E-state index is 6.05. The van der Waals surface area contributed by atoms with Crippen LogP contribution < -0.4 is 5.73 Å². The monoisotopic (exact) mass is 296 g/mol. The summed E-state index contributed by atoms with van der Waals surface area (Å²) in [5.41, 5.74) is 8.54. The number of hydrogen-bond acceptors (Lipinski definition) is 3. The summed E-state index contributed by atoms with van der Waals surface area (Å²) in [4.78, 5) is 2.45. The maximum absolute atomic E-state index is 6.05. The van der Waals surface area contributed by atoms with E-state index in [1.54, 1.807) is 7.11 Å². The van der Waals surface area contributed by atoms with E-state index in [-0.39, 0.29) is 6.04 Å². The smallest absolute Gasteiger partial charge is 0.0724 e. The highest BCUT2D eigenvalue weighted by atomic mass is 35.5. The largest absolute Gasteiger partial charge is 0.380 e. The van der Waals surface area contributed by atoms with Crippen LogP contribution >= 0.6 is 11.6 Å². The zero-order valence-electron chi connectivity index (χ0n) is 12.6. The summed E-state index contributed by atoms with van der Waals surface area (Å²) in [6, 6.07) is 6.32. The van der Waals surface area contributed by atoms with Crippen LogP contribution in [-0.2, 0) is 4.74 Å². The van der Waals surface area contributed by atoms with Crippen molar-refractivity contribution in [1.82, 2.24) is 4.90 Å². The van der Waals surface area contributed by atoms with Gasteiger partial charge in [0.2, 0.25) is 0 Å². The van der Waals surface area contributed by atoms with E-state index in [4.69, 9.17) is 22.1 Å². The summed E-state index contributed by atoms with van der Waals surface area (Å²) >= 11 is 6.05. The van der Waals surface area contributed by atoms with Crippen molar-refractivity contribution >= 4 is 11.6 Å². The lowest BCUT2D eigenvalue weighted by atomic mass is 9.92. The Morgan fingerprint density at radius 1 is 1.50 bits per heavy atom. The Morgan fingerprint density at radius 2 is 2.25 bits per heavy atom. The molecule has 1 saturated heterocycles. The number of likely N-dealkylation sites (tertiary alicyclic amines) is 1.